The van der Waals surface area contributed by atoms with E-state index in [-0.39, 0.29) is 25.0 Å². The number of hydrogen-bond acceptors (Lipinski definition) is 4. The molecule has 2 aromatic carbocycles. The highest BCUT2D eigenvalue weighted by molar-refractivity contribution is 6.01. The van der Waals surface area contributed by atoms with Crippen molar-refractivity contribution in [3.8, 4) is 0 Å². The fourth-order valence-electron chi connectivity index (χ4n) is 3.20. The maximum atomic E-state index is 12.8. The van der Waals surface area contributed by atoms with E-state index in [9.17, 15) is 14.4 Å². The molecule has 0 spiro atoms. The van der Waals surface area contributed by atoms with Crippen molar-refractivity contribution >= 4 is 17.8 Å². The van der Waals surface area contributed by atoms with Crippen LogP contribution in [0.25, 0.3) is 0 Å². The zero-order valence-electron chi connectivity index (χ0n) is 15.2. The number of ether oxygens (including phenoxy) is 1. The lowest BCUT2D eigenvalue weighted by molar-refractivity contribution is -0.143. The van der Waals surface area contributed by atoms with E-state index in [1.165, 1.54) is 0 Å². The van der Waals surface area contributed by atoms with Crippen LogP contribution >= 0.6 is 0 Å². The molecule has 0 saturated carbocycles. The summed E-state index contributed by atoms with van der Waals surface area (Å²) in [6.45, 7) is 2.12. The zero-order valence-corrected chi connectivity index (χ0v) is 15.2. The number of hydrogen-bond donors (Lipinski definition) is 1. The maximum Gasteiger partial charge on any atom is 0.325 e. The first-order chi connectivity index (χ1) is 13.1. The van der Waals surface area contributed by atoms with Crippen LogP contribution in [0.5, 0.6) is 0 Å². The lowest BCUT2D eigenvalue weighted by Crippen LogP contribution is -2.49. The Morgan fingerprint density at radius 3 is 2.52 bits per heavy atom. The molecule has 2 aromatic rings. The summed E-state index contributed by atoms with van der Waals surface area (Å²) in [6, 6.07) is 16.2. The van der Waals surface area contributed by atoms with E-state index >= 15 is 0 Å². The Balaban J connectivity index is 1.79. The van der Waals surface area contributed by atoms with Crippen LogP contribution < -0.4 is 5.32 Å². The molecule has 1 aliphatic heterocycles. The Labute approximate surface area is 158 Å². The summed E-state index contributed by atoms with van der Waals surface area (Å²) in [6.07, 6.45) is 0.370. The molecule has 1 atom stereocenters. The van der Waals surface area contributed by atoms with Crippen LogP contribution in [0.3, 0.4) is 0 Å². The van der Waals surface area contributed by atoms with Gasteiger partial charge in [0.1, 0.15) is 12.6 Å². The molecular formula is C21H22N2O4. The second-order valence-electron chi connectivity index (χ2n) is 6.32. The van der Waals surface area contributed by atoms with Gasteiger partial charge >= 0.3 is 5.97 Å². The fourth-order valence-corrected chi connectivity index (χ4v) is 3.20. The van der Waals surface area contributed by atoms with Crippen molar-refractivity contribution in [1.29, 1.82) is 0 Å². The average molecular weight is 366 g/mol. The molecule has 27 heavy (non-hydrogen) atoms. The first-order valence-electron chi connectivity index (χ1n) is 8.96. The molecule has 0 bridgehead atoms. The quantitative estimate of drug-likeness (QED) is 0.760. The Bertz CT molecular complexity index is 835. The van der Waals surface area contributed by atoms with Crippen LogP contribution in [0, 0.1) is 0 Å². The number of fused-ring (bicyclic) bond motifs is 1. The summed E-state index contributed by atoms with van der Waals surface area (Å²) in [5.41, 5.74) is 2.46. The SMILES string of the molecule is CCOC(=O)CNC(=O)[C@H](Cc1ccccc1)N1Cc2ccccc2C1=O. The predicted octanol–water partition coefficient (Wildman–Crippen LogP) is 1.93. The number of rotatable bonds is 7. The van der Waals surface area contributed by atoms with Crippen molar-refractivity contribution < 1.29 is 19.1 Å². The average Bonchev–Trinajstić information content (AvgIpc) is 3.02. The minimum absolute atomic E-state index is 0.169. The number of nitrogens with zero attached hydrogens (tertiary/aromatic N) is 1. The Kier molecular flexibility index (Phi) is 5.86. The van der Waals surface area contributed by atoms with Crippen LogP contribution in [0.2, 0.25) is 0 Å². The monoisotopic (exact) mass is 366 g/mol. The third-order valence-electron chi connectivity index (χ3n) is 4.51. The van der Waals surface area contributed by atoms with E-state index in [1.54, 1.807) is 17.9 Å². The normalized spacial score (nSPS) is 13.8. The molecule has 1 heterocycles. The smallest absolute Gasteiger partial charge is 0.325 e. The maximum absolute atomic E-state index is 12.8. The van der Waals surface area contributed by atoms with Gasteiger partial charge in [-0.25, -0.2) is 0 Å². The molecule has 3 rings (SSSR count). The summed E-state index contributed by atoms with van der Waals surface area (Å²) in [7, 11) is 0. The van der Waals surface area contributed by atoms with Crippen molar-refractivity contribution in [2.45, 2.75) is 25.9 Å². The Morgan fingerprint density at radius 2 is 1.81 bits per heavy atom. The van der Waals surface area contributed by atoms with Gasteiger partial charge in [0.2, 0.25) is 5.91 Å². The van der Waals surface area contributed by atoms with Gasteiger partial charge in [-0.1, -0.05) is 48.5 Å². The summed E-state index contributed by atoms with van der Waals surface area (Å²) in [5.74, 6) is -1.04. The molecule has 1 aliphatic rings. The summed E-state index contributed by atoms with van der Waals surface area (Å²) in [4.78, 5) is 38.8. The van der Waals surface area contributed by atoms with Crippen molar-refractivity contribution in [3.63, 3.8) is 0 Å². The zero-order chi connectivity index (χ0) is 19.2. The van der Waals surface area contributed by atoms with Gasteiger partial charge in [-0.15, -0.1) is 0 Å². The highest BCUT2D eigenvalue weighted by Crippen LogP contribution is 2.25. The van der Waals surface area contributed by atoms with Gasteiger partial charge in [-0.2, -0.15) is 0 Å². The largest absolute Gasteiger partial charge is 0.465 e. The van der Waals surface area contributed by atoms with E-state index in [4.69, 9.17) is 4.74 Å². The number of carbonyl (C=O) groups excluding carboxylic acids is 3. The molecule has 0 unspecified atom stereocenters. The highest BCUT2D eigenvalue weighted by atomic mass is 16.5. The number of benzene rings is 2. The molecule has 0 aromatic heterocycles. The predicted molar refractivity (Wildman–Crippen MR) is 99.9 cm³/mol. The first-order valence-corrected chi connectivity index (χ1v) is 8.96. The van der Waals surface area contributed by atoms with Crippen molar-refractivity contribution in [2.24, 2.45) is 0 Å². The van der Waals surface area contributed by atoms with E-state index in [0.717, 1.165) is 11.1 Å². The molecule has 1 N–H and O–H groups in total. The molecule has 6 nitrogen and oxygen atoms in total. The van der Waals surface area contributed by atoms with Crippen LogP contribution in [0.1, 0.15) is 28.4 Å². The lowest BCUT2D eigenvalue weighted by atomic mass is 10.0. The topological polar surface area (TPSA) is 75.7 Å². The van der Waals surface area contributed by atoms with E-state index in [0.29, 0.717) is 18.5 Å². The van der Waals surface area contributed by atoms with Crippen LogP contribution in [-0.4, -0.2) is 41.9 Å². The van der Waals surface area contributed by atoms with Gasteiger partial charge in [-0.05, 0) is 24.1 Å². The number of carbonyl (C=O) groups is 3. The van der Waals surface area contributed by atoms with Crippen LogP contribution in [-0.2, 0) is 27.3 Å². The fraction of sp³-hybridized carbons (Fsp3) is 0.286. The van der Waals surface area contributed by atoms with Gasteiger partial charge in [-0.3, -0.25) is 14.4 Å². The van der Waals surface area contributed by atoms with Crippen molar-refractivity contribution in [1.82, 2.24) is 10.2 Å². The van der Waals surface area contributed by atoms with Crippen LogP contribution in [0.4, 0.5) is 0 Å². The van der Waals surface area contributed by atoms with E-state index in [2.05, 4.69) is 5.32 Å². The summed E-state index contributed by atoms with van der Waals surface area (Å²) >= 11 is 0. The molecule has 0 radical (unpaired) electrons. The van der Waals surface area contributed by atoms with Gasteiger partial charge < -0.3 is 15.0 Å². The van der Waals surface area contributed by atoms with Gasteiger partial charge in [0.05, 0.1) is 6.61 Å². The number of esters is 1. The third kappa shape index (κ3) is 4.34. The number of amides is 2. The standard InChI is InChI=1S/C21H22N2O4/c1-2-27-19(24)13-22-20(25)18(12-15-8-4-3-5-9-15)23-14-16-10-6-7-11-17(16)21(23)26/h3-11,18H,2,12-14H2,1H3,(H,22,25)/t18-/m0/s1. The van der Waals surface area contributed by atoms with E-state index in [1.807, 2.05) is 48.5 Å². The number of nitrogens with one attached hydrogen (secondary N) is 1. The molecule has 2 amide bonds. The van der Waals surface area contributed by atoms with Gasteiger partial charge in [0.15, 0.2) is 0 Å². The summed E-state index contributed by atoms with van der Waals surface area (Å²) < 4.78 is 4.85. The van der Waals surface area contributed by atoms with E-state index < -0.39 is 12.0 Å². The molecular weight excluding hydrogens is 344 g/mol. The second kappa shape index (κ2) is 8.49. The second-order valence-corrected chi connectivity index (χ2v) is 6.32. The Hall–Kier alpha value is -3.15. The van der Waals surface area contributed by atoms with Gasteiger partial charge in [0, 0.05) is 18.5 Å². The minimum atomic E-state index is -0.707. The van der Waals surface area contributed by atoms with Crippen molar-refractivity contribution in [2.75, 3.05) is 13.2 Å². The minimum Gasteiger partial charge on any atom is -0.465 e. The van der Waals surface area contributed by atoms with Crippen molar-refractivity contribution in [3.05, 3.63) is 71.3 Å². The molecule has 0 fully saturated rings. The first kappa shape index (κ1) is 18.6. The molecule has 140 valence electrons. The highest BCUT2D eigenvalue weighted by Gasteiger charge is 2.36. The third-order valence-corrected chi connectivity index (χ3v) is 4.51. The van der Waals surface area contributed by atoms with Gasteiger partial charge in [0.25, 0.3) is 5.91 Å². The summed E-state index contributed by atoms with van der Waals surface area (Å²) in [5, 5.41) is 2.60. The molecule has 6 heteroatoms. The molecule has 0 aliphatic carbocycles. The van der Waals surface area contributed by atoms with Crippen LogP contribution in [0.15, 0.2) is 54.6 Å². The Morgan fingerprint density at radius 1 is 1.11 bits per heavy atom. The lowest BCUT2D eigenvalue weighted by Gasteiger charge is -2.27. The molecule has 0 saturated heterocycles.